The molecule has 0 aromatic carbocycles. The molecule has 0 radical (unpaired) electrons. The van der Waals surface area contributed by atoms with Crippen LogP contribution in [-0.4, -0.2) is 39.8 Å². The van der Waals surface area contributed by atoms with Gasteiger partial charge in [0.1, 0.15) is 0 Å². The number of nitrogens with zero attached hydrogens (tertiary/aromatic N) is 1. The molecule has 10 heteroatoms. The summed E-state index contributed by atoms with van der Waals surface area (Å²) in [6, 6.07) is 0. The fourth-order valence-electron chi connectivity index (χ4n) is 0.883. The summed E-state index contributed by atoms with van der Waals surface area (Å²) < 4.78 is 35.3. The second-order valence-corrected chi connectivity index (χ2v) is 4.91. The summed E-state index contributed by atoms with van der Waals surface area (Å²) in [5, 5.41) is 11.9. The van der Waals surface area contributed by atoms with Crippen molar-refractivity contribution in [3.05, 3.63) is 16.1 Å². The molecule has 0 fully saturated rings. The Balaban J connectivity index is 2.39. The Labute approximate surface area is 107 Å². The first kappa shape index (κ1) is 14.8. The molecule has 0 saturated carbocycles. The minimum atomic E-state index is -4.33. The van der Waals surface area contributed by atoms with Crippen LogP contribution in [0.3, 0.4) is 0 Å². The van der Waals surface area contributed by atoms with Gasteiger partial charge in [-0.2, -0.15) is 13.2 Å². The van der Waals surface area contributed by atoms with Crippen LogP contribution < -0.4 is 5.32 Å². The number of halogens is 3. The van der Waals surface area contributed by atoms with Crippen molar-refractivity contribution in [1.82, 2.24) is 10.3 Å². The number of carboxylic acids is 1. The van der Waals surface area contributed by atoms with Gasteiger partial charge in [0.25, 0.3) is 5.91 Å². The number of aromatic carboxylic acids is 1. The first-order valence-corrected chi connectivity index (χ1v) is 6.34. The standard InChI is InChI=1S/C8H7F3N2O3S2/c9-8(10,11)18-2-1-12-5(14)6-13-4(3-17-6)7(15)16/h3H,1-2H2,(H,12,14)(H,15,16). The Hall–Kier alpha value is -1.29. The Kier molecular flexibility index (Phi) is 4.96. The van der Waals surface area contributed by atoms with E-state index in [0.717, 1.165) is 11.3 Å². The lowest BCUT2D eigenvalue weighted by Crippen LogP contribution is -2.26. The SMILES string of the molecule is O=C(O)c1csc(C(=O)NCCSC(F)(F)F)n1. The van der Waals surface area contributed by atoms with Crippen LogP contribution in [0, 0.1) is 0 Å². The molecule has 1 rings (SSSR count). The molecular formula is C8H7F3N2O3S2. The minimum Gasteiger partial charge on any atom is -0.476 e. The van der Waals surface area contributed by atoms with E-state index in [0.29, 0.717) is 0 Å². The van der Waals surface area contributed by atoms with Crippen molar-refractivity contribution < 1.29 is 27.9 Å². The summed E-state index contributed by atoms with van der Waals surface area (Å²) >= 11 is 0.572. The summed E-state index contributed by atoms with van der Waals surface area (Å²) in [6.45, 7) is -0.176. The van der Waals surface area contributed by atoms with Crippen molar-refractivity contribution in [1.29, 1.82) is 0 Å². The lowest BCUT2D eigenvalue weighted by atomic mass is 10.5. The molecule has 5 nitrogen and oxygen atoms in total. The zero-order valence-electron chi connectivity index (χ0n) is 8.65. The zero-order valence-corrected chi connectivity index (χ0v) is 10.3. The van der Waals surface area contributed by atoms with E-state index in [1.54, 1.807) is 0 Å². The first-order chi connectivity index (χ1) is 8.29. The highest BCUT2D eigenvalue weighted by Crippen LogP contribution is 2.29. The number of amides is 1. The largest absolute Gasteiger partial charge is 0.476 e. The molecular weight excluding hydrogens is 293 g/mol. The number of nitrogens with one attached hydrogen (secondary N) is 1. The van der Waals surface area contributed by atoms with Crippen LogP contribution >= 0.6 is 23.1 Å². The van der Waals surface area contributed by atoms with Gasteiger partial charge in [-0.1, -0.05) is 0 Å². The Morgan fingerprint density at radius 1 is 1.50 bits per heavy atom. The molecule has 0 atom stereocenters. The van der Waals surface area contributed by atoms with Gasteiger partial charge >= 0.3 is 11.5 Å². The summed E-state index contributed by atoms with van der Waals surface area (Å²) in [7, 11) is 0. The number of carbonyl (C=O) groups is 2. The Morgan fingerprint density at radius 2 is 2.17 bits per heavy atom. The quantitative estimate of drug-likeness (QED) is 0.811. The van der Waals surface area contributed by atoms with E-state index in [1.165, 1.54) is 5.38 Å². The molecule has 0 unspecified atom stereocenters. The van der Waals surface area contributed by atoms with Gasteiger partial charge in [-0.3, -0.25) is 4.79 Å². The van der Waals surface area contributed by atoms with E-state index in [-0.39, 0.29) is 34.8 Å². The lowest BCUT2D eigenvalue weighted by molar-refractivity contribution is -0.0327. The molecule has 0 bridgehead atoms. The fraction of sp³-hybridized carbons (Fsp3) is 0.375. The smallest absolute Gasteiger partial charge is 0.441 e. The second kappa shape index (κ2) is 6.05. The molecule has 0 aliphatic rings. The molecule has 1 heterocycles. The van der Waals surface area contributed by atoms with Crippen LogP contribution in [-0.2, 0) is 0 Å². The molecule has 0 aliphatic heterocycles. The number of hydrogen-bond donors (Lipinski definition) is 2. The summed E-state index contributed by atoms with van der Waals surface area (Å²) in [4.78, 5) is 25.4. The number of carboxylic acid groups (broad SMARTS) is 1. The van der Waals surface area contributed by atoms with Gasteiger partial charge in [0.15, 0.2) is 10.7 Å². The van der Waals surface area contributed by atoms with Crippen LogP contribution in [0.25, 0.3) is 0 Å². The molecule has 0 saturated heterocycles. The topological polar surface area (TPSA) is 79.3 Å². The number of hydrogen-bond acceptors (Lipinski definition) is 5. The number of thiazole rings is 1. The van der Waals surface area contributed by atoms with Gasteiger partial charge in [0, 0.05) is 17.7 Å². The molecule has 100 valence electrons. The number of aromatic nitrogens is 1. The molecule has 2 N–H and O–H groups in total. The van der Waals surface area contributed by atoms with Crippen LogP contribution in [0.15, 0.2) is 5.38 Å². The van der Waals surface area contributed by atoms with Gasteiger partial charge in [-0.05, 0) is 11.8 Å². The molecule has 1 aromatic heterocycles. The second-order valence-electron chi connectivity index (χ2n) is 2.89. The zero-order chi connectivity index (χ0) is 13.8. The van der Waals surface area contributed by atoms with Crippen molar-refractivity contribution in [3.8, 4) is 0 Å². The van der Waals surface area contributed by atoms with Crippen LogP contribution in [0.1, 0.15) is 20.3 Å². The predicted molar refractivity (Wildman–Crippen MR) is 59.9 cm³/mol. The molecule has 0 spiro atoms. The van der Waals surface area contributed by atoms with Crippen LogP contribution in [0.4, 0.5) is 13.2 Å². The van der Waals surface area contributed by atoms with E-state index in [1.807, 2.05) is 0 Å². The average molecular weight is 300 g/mol. The first-order valence-electron chi connectivity index (χ1n) is 4.47. The van der Waals surface area contributed by atoms with Crippen molar-refractivity contribution >= 4 is 35.0 Å². The average Bonchev–Trinajstić information content (AvgIpc) is 2.72. The van der Waals surface area contributed by atoms with E-state index < -0.39 is 17.4 Å². The van der Waals surface area contributed by atoms with Gasteiger partial charge in [-0.15, -0.1) is 11.3 Å². The normalized spacial score (nSPS) is 11.3. The highest BCUT2D eigenvalue weighted by molar-refractivity contribution is 8.00. The highest BCUT2D eigenvalue weighted by atomic mass is 32.2. The summed E-state index contributed by atoms with van der Waals surface area (Å²) in [5.74, 6) is -2.26. The minimum absolute atomic E-state index is 0.0931. The van der Waals surface area contributed by atoms with E-state index in [9.17, 15) is 22.8 Å². The van der Waals surface area contributed by atoms with E-state index in [2.05, 4.69) is 10.3 Å². The maximum absolute atomic E-state index is 11.8. The van der Waals surface area contributed by atoms with Crippen molar-refractivity contribution in [2.24, 2.45) is 0 Å². The third-order valence-electron chi connectivity index (χ3n) is 1.57. The monoisotopic (exact) mass is 300 g/mol. The van der Waals surface area contributed by atoms with Gasteiger partial charge in [-0.25, -0.2) is 9.78 Å². The number of thioether (sulfide) groups is 1. The molecule has 0 aliphatic carbocycles. The molecule has 1 amide bonds. The molecule has 18 heavy (non-hydrogen) atoms. The van der Waals surface area contributed by atoms with Crippen LogP contribution in [0.2, 0.25) is 0 Å². The van der Waals surface area contributed by atoms with E-state index >= 15 is 0 Å². The van der Waals surface area contributed by atoms with Crippen molar-refractivity contribution in [3.63, 3.8) is 0 Å². The van der Waals surface area contributed by atoms with Gasteiger partial charge in [0.05, 0.1) is 0 Å². The molecule has 1 aromatic rings. The number of carbonyl (C=O) groups excluding carboxylic acids is 1. The Bertz CT molecular complexity index is 447. The predicted octanol–water partition coefficient (Wildman–Crippen LogP) is 1.82. The summed E-state index contributed by atoms with van der Waals surface area (Å²) in [5.41, 5.74) is -4.60. The van der Waals surface area contributed by atoms with Crippen LogP contribution in [0.5, 0.6) is 0 Å². The Morgan fingerprint density at radius 3 is 2.67 bits per heavy atom. The highest BCUT2D eigenvalue weighted by Gasteiger charge is 2.27. The summed E-state index contributed by atoms with van der Waals surface area (Å²) in [6.07, 6.45) is 0. The number of rotatable bonds is 5. The van der Waals surface area contributed by atoms with Gasteiger partial charge in [0.2, 0.25) is 0 Å². The third-order valence-corrected chi connectivity index (χ3v) is 3.15. The van der Waals surface area contributed by atoms with Crippen molar-refractivity contribution in [2.75, 3.05) is 12.3 Å². The fourth-order valence-corrected chi connectivity index (χ4v) is 2.03. The number of alkyl halides is 3. The van der Waals surface area contributed by atoms with Crippen molar-refractivity contribution in [2.45, 2.75) is 5.51 Å². The van der Waals surface area contributed by atoms with E-state index in [4.69, 9.17) is 5.11 Å². The third kappa shape index (κ3) is 4.92. The maximum atomic E-state index is 11.8. The maximum Gasteiger partial charge on any atom is 0.441 e. The van der Waals surface area contributed by atoms with Gasteiger partial charge < -0.3 is 10.4 Å². The lowest BCUT2D eigenvalue weighted by Gasteiger charge is -2.05.